The molecule has 20 heteroatoms. The molecular weight excluding hydrogens is 946 g/mol. The van der Waals surface area contributed by atoms with Gasteiger partial charge in [-0.15, -0.1) is 0 Å². The van der Waals surface area contributed by atoms with Crippen molar-refractivity contribution in [1.82, 2.24) is 12.3 Å². The molecule has 0 heterocycles. The number of benzene rings is 2. The van der Waals surface area contributed by atoms with E-state index in [9.17, 15) is 58.7 Å². The second kappa shape index (κ2) is 29.9. The van der Waals surface area contributed by atoms with E-state index in [2.05, 4.69) is 48.6 Å². The Bertz CT molecular complexity index is 2060. The summed E-state index contributed by atoms with van der Waals surface area (Å²) in [5.74, 6) is -0.451. The van der Waals surface area contributed by atoms with Gasteiger partial charge in [0.15, 0.2) is 0 Å². The summed E-state index contributed by atoms with van der Waals surface area (Å²) < 4.78 is 42.9. The Morgan fingerprint density at radius 1 is 0.657 bits per heavy atom. The molecule has 18 nitrogen and oxygen atoms in total. The fourth-order valence-corrected chi connectivity index (χ4v) is 10.4. The summed E-state index contributed by atoms with van der Waals surface area (Å²) in [6, 6.07) is 7.01. The highest BCUT2D eigenvalue weighted by Crippen LogP contribution is 2.52. The maximum absolute atomic E-state index is 11.8. The van der Waals surface area contributed by atoms with Crippen LogP contribution >= 0.6 is 15.6 Å². The summed E-state index contributed by atoms with van der Waals surface area (Å²) in [4.78, 5) is 59.8. The lowest BCUT2D eigenvalue weighted by Gasteiger charge is -2.34. The molecule has 0 aliphatic heterocycles. The minimum Gasteiger partial charge on any atom is -0.550 e. The van der Waals surface area contributed by atoms with Crippen molar-refractivity contribution in [2.24, 2.45) is 11.8 Å². The molecule has 0 spiro atoms. The van der Waals surface area contributed by atoms with Crippen molar-refractivity contribution in [2.75, 3.05) is 13.2 Å². The van der Waals surface area contributed by atoms with E-state index in [1.807, 2.05) is 27.7 Å². The number of phenols is 2. The second-order valence-electron chi connectivity index (χ2n) is 18.2. The number of ether oxygens (including phenoxy) is 2. The molecule has 14 N–H and O–H groups in total. The Hall–Kier alpha value is -4.32. The highest BCUT2D eigenvalue weighted by molar-refractivity contribution is 7.46. The predicted octanol–water partition coefficient (Wildman–Crippen LogP) is 10.8. The third-order valence-electron chi connectivity index (χ3n) is 12.5. The lowest BCUT2D eigenvalue weighted by molar-refractivity contribution is -0.284. The van der Waals surface area contributed by atoms with Gasteiger partial charge in [-0.3, -0.25) is 9.05 Å². The van der Waals surface area contributed by atoms with E-state index in [-0.39, 0.29) is 73.5 Å². The first kappa shape index (κ1) is 63.7. The monoisotopic (exact) mass is 1030 g/mol. The summed E-state index contributed by atoms with van der Waals surface area (Å²) in [5, 5.41) is 43.8. The number of phosphoric ester groups is 2. The van der Waals surface area contributed by atoms with Crippen molar-refractivity contribution >= 4 is 28.0 Å². The third-order valence-corrected chi connectivity index (χ3v) is 13.5. The largest absolute Gasteiger partial charge is 0.550 e. The molecule has 0 radical (unpaired) electrons. The van der Waals surface area contributed by atoms with E-state index in [1.54, 1.807) is 24.3 Å². The SMILES string of the molecule is C=C(C)[C@@H]1CCC(C)=C[C@H]1c1c(O)cc(CCCCC)cc1C(CCOC(=O)[O-])OP(=O)(O)O.C=C(C)[C@@H]1CCC(C)=C[C@H]1c1c(O)cc(CCCCC)cc1C(CCOC(=O)[O-])OP(=O)(O)O.[NH4+].[NH4+]. The highest BCUT2D eigenvalue weighted by Gasteiger charge is 2.36. The first-order valence-electron chi connectivity index (χ1n) is 23.4. The number of allylic oxidation sites excluding steroid dienone is 6. The Kier molecular flexibility index (Phi) is 27.2. The number of phenolic OH excluding ortho intramolecular Hbond substituents is 2. The Labute approximate surface area is 413 Å². The van der Waals surface area contributed by atoms with Crippen LogP contribution in [0.2, 0.25) is 0 Å². The highest BCUT2D eigenvalue weighted by atomic mass is 31.2. The minimum atomic E-state index is -4.95. The summed E-state index contributed by atoms with van der Waals surface area (Å²) in [6.07, 6.45) is 8.56. The zero-order valence-electron chi connectivity index (χ0n) is 42.3. The van der Waals surface area contributed by atoms with Crippen LogP contribution in [0.5, 0.6) is 11.5 Å². The van der Waals surface area contributed by atoms with Crippen molar-refractivity contribution in [1.29, 1.82) is 0 Å². The fourth-order valence-electron chi connectivity index (χ4n) is 9.32. The topological polar surface area (TPSA) is 346 Å². The average Bonchev–Trinajstić information content (AvgIpc) is 3.21. The molecule has 0 saturated carbocycles. The van der Waals surface area contributed by atoms with Crippen molar-refractivity contribution in [3.05, 3.63) is 105 Å². The molecule has 6 atom stereocenters. The summed E-state index contributed by atoms with van der Waals surface area (Å²) >= 11 is 0. The number of unbranched alkanes of at least 4 members (excludes halogenated alkanes) is 4. The molecule has 0 fully saturated rings. The molecular formula is C50H80N2O16P2. The Morgan fingerprint density at radius 2 is 1.00 bits per heavy atom. The first-order valence-corrected chi connectivity index (χ1v) is 26.4. The van der Waals surface area contributed by atoms with Crippen LogP contribution in [0, 0.1) is 11.8 Å². The number of aromatic hydroxyl groups is 2. The third kappa shape index (κ3) is 20.8. The van der Waals surface area contributed by atoms with Gasteiger partial charge in [0.2, 0.25) is 0 Å². The van der Waals surface area contributed by atoms with E-state index in [0.29, 0.717) is 35.1 Å². The van der Waals surface area contributed by atoms with Gasteiger partial charge in [-0.05, 0) is 138 Å². The molecule has 2 aliphatic rings. The number of carbonyl (C=O) groups excluding carboxylic acids is 2. The fraction of sp³-hybridized carbons (Fsp3) is 0.560. The van der Waals surface area contributed by atoms with Crippen LogP contribution in [0.1, 0.15) is 176 Å². The number of hydrogen-bond donors (Lipinski definition) is 8. The summed E-state index contributed by atoms with van der Waals surface area (Å²) in [7, 11) is -9.89. The number of rotatable bonds is 24. The Morgan fingerprint density at radius 3 is 1.29 bits per heavy atom. The number of phosphoric acid groups is 2. The molecule has 0 amide bonds. The summed E-state index contributed by atoms with van der Waals surface area (Å²) in [5.41, 5.74) is 7.66. The number of carboxylic acid groups (broad SMARTS) is 2. The molecule has 2 unspecified atom stereocenters. The van der Waals surface area contributed by atoms with Gasteiger partial charge in [0.1, 0.15) is 11.5 Å². The molecule has 396 valence electrons. The van der Waals surface area contributed by atoms with Gasteiger partial charge < -0.3 is 71.4 Å². The average molecular weight is 1030 g/mol. The maximum Gasteiger partial charge on any atom is 0.470 e. The van der Waals surface area contributed by atoms with Gasteiger partial charge in [-0.1, -0.05) is 99.3 Å². The van der Waals surface area contributed by atoms with Crippen LogP contribution in [-0.4, -0.2) is 55.3 Å². The lowest BCUT2D eigenvalue weighted by atomic mass is 9.72. The van der Waals surface area contributed by atoms with Crippen LogP contribution in [0.15, 0.2) is 71.9 Å². The molecule has 0 saturated heterocycles. The number of aryl methyl sites for hydroxylation is 2. The maximum atomic E-state index is 11.8. The van der Waals surface area contributed by atoms with Crippen LogP contribution in [0.4, 0.5) is 9.59 Å². The van der Waals surface area contributed by atoms with Crippen molar-refractivity contribution in [2.45, 2.75) is 155 Å². The van der Waals surface area contributed by atoms with Gasteiger partial charge in [0.05, 0.1) is 12.2 Å². The van der Waals surface area contributed by atoms with Gasteiger partial charge in [0.25, 0.3) is 12.3 Å². The molecule has 0 aromatic heterocycles. The number of hydrogen-bond acceptors (Lipinski definition) is 12. The molecule has 0 bridgehead atoms. The first-order chi connectivity index (χ1) is 31.8. The van der Waals surface area contributed by atoms with Crippen LogP contribution < -0.4 is 22.5 Å². The number of quaternary nitrogens is 2. The molecule has 2 aromatic carbocycles. The van der Waals surface area contributed by atoms with E-state index in [1.165, 1.54) is 0 Å². The smallest absolute Gasteiger partial charge is 0.470 e. The normalized spacial score (nSPS) is 18.8. The van der Waals surface area contributed by atoms with Gasteiger partial charge >= 0.3 is 15.6 Å². The molecule has 4 rings (SSSR count). The van der Waals surface area contributed by atoms with Crippen molar-refractivity contribution in [3.8, 4) is 11.5 Å². The van der Waals surface area contributed by atoms with Crippen molar-refractivity contribution in [3.63, 3.8) is 0 Å². The molecule has 2 aliphatic carbocycles. The van der Waals surface area contributed by atoms with Gasteiger partial charge in [0, 0.05) is 36.2 Å². The van der Waals surface area contributed by atoms with Gasteiger partial charge in [-0.25, -0.2) is 9.13 Å². The molecule has 2 aromatic rings. The van der Waals surface area contributed by atoms with E-state index < -0.39 is 40.2 Å². The second-order valence-corrected chi connectivity index (χ2v) is 20.5. The van der Waals surface area contributed by atoms with Gasteiger partial charge in [-0.2, -0.15) is 0 Å². The number of carbonyl (C=O) groups is 2. The van der Waals surface area contributed by atoms with Crippen LogP contribution in [0.3, 0.4) is 0 Å². The van der Waals surface area contributed by atoms with Crippen LogP contribution in [-0.2, 0) is 40.5 Å². The zero-order chi connectivity index (χ0) is 50.9. The molecule has 70 heavy (non-hydrogen) atoms. The minimum absolute atomic E-state index is 0. The zero-order valence-corrected chi connectivity index (χ0v) is 44.1. The quantitative estimate of drug-likeness (QED) is 0.0210. The van der Waals surface area contributed by atoms with E-state index in [4.69, 9.17) is 9.05 Å². The van der Waals surface area contributed by atoms with Crippen molar-refractivity contribution < 1.29 is 77.2 Å². The summed E-state index contributed by atoms with van der Waals surface area (Å²) in [6.45, 7) is 19.5. The Balaban J connectivity index is 0.000000681. The van der Waals surface area contributed by atoms with Crippen LogP contribution in [0.25, 0.3) is 0 Å². The van der Waals surface area contributed by atoms with E-state index >= 15 is 0 Å². The predicted molar refractivity (Wildman–Crippen MR) is 266 cm³/mol. The lowest BCUT2D eigenvalue weighted by Crippen LogP contribution is -2.25. The standard InChI is InChI=1S/2C25H37O8P.2H3N/c2*1-5-6-7-8-18-14-21(23(33-34(29,30)31)11-12-32-25(27)28)24(22(26)15-18)20-13-17(4)9-10-19(20)16(2)3;;/h2*13-15,19-20,23,26H,2,5-12H2,1,3-4H3,(H,27,28)(H2,29,30,31);2*1H3/t2*19-,20+,23?;;/m00../s1. The van der Waals surface area contributed by atoms with E-state index in [0.717, 1.165) is 97.6 Å².